The van der Waals surface area contributed by atoms with Crippen molar-refractivity contribution in [3.8, 4) is 0 Å². The van der Waals surface area contributed by atoms with Crippen LogP contribution in [0.2, 0.25) is 4.34 Å². The van der Waals surface area contributed by atoms with E-state index in [1.54, 1.807) is 12.3 Å². The minimum absolute atomic E-state index is 0.187. The Morgan fingerprint density at radius 2 is 2.24 bits per heavy atom. The first-order chi connectivity index (χ1) is 10.1. The molecule has 0 saturated carbocycles. The molecule has 21 heavy (non-hydrogen) atoms. The van der Waals surface area contributed by atoms with Crippen molar-refractivity contribution in [2.45, 2.75) is 13.3 Å². The summed E-state index contributed by atoms with van der Waals surface area (Å²) in [6.07, 6.45) is 0.706. The molecule has 0 radical (unpaired) electrons. The first-order valence-electron chi connectivity index (χ1n) is 6.25. The molecule has 0 spiro atoms. The number of amides is 1. The molecule has 0 bridgehead atoms. The number of nitrogens with one attached hydrogen (secondary N) is 1. The Labute approximate surface area is 134 Å². The van der Waals surface area contributed by atoms with Gasteiger partial charge in [-0.25, -0.2) is 9.78 Å². The number of hydrogen-bond acceptors (Lipinski definition) is 6. The minimum atomic E-state index is -0.505. The van der Waals surface area contributed by atoms with Gasteiger partial charge in [-0.15, -0.1) is 22.7 Å². The molecule has 0 aromatic carbocycles. The number of carbonyl (C=O) groups excluding carboxylic acids is 2. The second-order valence-electron chi connectivity index (χ2n) is 3.97. The number of thiazole rings is 1. The Morgan fingerprint density at radius 1 is 1.43 bits per heavy atom. The standard InChI is InChI=1S/C13H13ClN2O3S2/c1-2-19-13(18)12-16-9(7-20-12)11(17)15-6-5-8-3-4-10(14)21-8/h3-4,7H,2,5-6H2,1H3,(H,15,17). The Balaban J connectivity index is 1.84. The third kappa shape index (κ3) is 4.52. The van der Waals surface area contributed by atoms with Crippen LogP contribution in [-0.4, -0.2) is 30.0 Å². The summed E-state index contributed by atoms with van der Waals surface area (Å²) in [6, 6.07) is 3.76. The fourth-order valence-corrected chi connectivity index (χ4v) is 3.32. The molecule has 2 aromatic heterocycles. The maximum absolute atomic E-state index is 11.9. The number of nitrogens with zero attached hydrogens (tertiary/aromatic N) is 1. The Morgan fingerprint density at radius 3 is 2.90 bits per heavy atom. The normalized spacial score (nSPS) is 10.4. The van der Waals surface area contributed by atoms with Gasteiger partial charge in [0.05, 0.1) is 10.9 Å². The lowest BCUT2D eigenvalue weighted by atomic mass is 10.3. The number of thiophene rings is 1. The van der Waals surface area contributed by atoms with E-state index in [1.807, 2.05) is 12.1 Å². The molecule has 0 aliphatic rings. The lowest BCUT2D eigenvalue weighted by Crippen LogP contribution is -2.25. The zero-order chi connectivity index (χ0) is 15.2. The van der Waals surface area contributed by atoms with Crippen molar-refractivity contribution in [1.29, 1.82) is 0 Å². The van der Waals surface area contributed by atoms with E-state index >= 15 is 0 Å². The average Bonchev–Trinajstić information content (AvgIpc) is 3.08. The summed E-state index contributed by atoms with van der Waals surface area (Å²) >= 11 is 8.42. The van der Waals surface area contributed by atoms with Crippen molar-refractivity contribution in [1.82, 2.24) is 10.3 Å². The van der Waals surface area contributed by atoms with Gasteiger partial charge in [0.15, 0.2) is 0 Å². The number of hydrogen-bond donors (Lipinski definition) is 1. The molecule has 0 aliphatic carbocycles. The molecule has 2 heterocycles. The van der Waals surface area contributed by atoms with Crippen LogP contribution in [0.5, 0.6) is 0 Å². The van der Waals surface area contributed by atoms with Gasteiger partial charge in [-0.1, -0.05) is 11.6 Å². The predicted molar refractivity (Wildman–Crippen MR) is 83.4 cm³/mol. The van der Waals surface area contributed by atoms with Gasteiger partial charge in [0.25, 0.3) is 5.91 Å². The molecule has 1 amide bonds. The van der Waals surface area contributed by atoms with E-state index in [2.05, 4.69) is 10.3 Å². The molecule has 2 rings (SSSR count). The van der Waals surface area contributed by atoms with E-state index in [9.17, 15) is 9.59 Å². The highest BCUT2D eigenvalue weighted by atomic mass is 35.5. The molecular formula is C13H13ClN2O3S2. The summed E-state index contributed by atoms with van der Waals surface area (Å²) < 4.78 is 5.56. The number of aromatic nitrogens is 1. The highest BCUT2D eigenvalue weighted by Crippen LogP contribution is 2.21. The van der Waals surface area contributed by atoms with Crippen LogP contribution in [0.1, 0.15) is 32.1 Å². The Kier molecular flexibility index (Phi) is 5.72. The predicted octanol–water partition coefficient (Wildman–Crippen LogP) is 3.01. The fraction of sp³-hybridized carbons (Fsp3) is 0.308. The smallest absolute Gasteiger partial charge is 0.367 e. The van der Waals surface area contributed by atoms with Gasteiger partial charge in [-0.2, -0.15) is 0 Å². The van der Waals surface area contributed by atoms with Crippen LogP contribution < -0.4 is 5.32 Å². The number of esters is 1. The summed E-state index contributed by atoms with van der Waals surface area (Å²) in [5.41, 5.74) is 0.229. The lowest BCUT2D eigenvalue weighted by molar-refractivity contribution is 0.0526. The molecule has 0 fully saturated rings. The summed E-state index contributed by atoms with van der Waals surface area (Å²) in [5, 5.41) is 4.49. The van der Waals surface area contributed by atoms with Crippen LogP contribution in [0.15, 0.2) is 17.5 Å². The van der Waals surface area contributed by atoms with Crippen LogP contribution in [-0.2, 0) is 11.2 Å². The second-order valence-corrected chi connectivity index (χ2v) is 6.63. The first kappa shape index (κ1) is 15.9. The largest absolute Gasteiger partial charge is 0.461 e. The van der Waals surface area contributed by atoms with Crippen molar-refractivity contribution in [3.05, 3.63) is 37.4 Å². The zero-order valence-electron chi connectivity index (χ0n) is 11.2. The molecule has 0 aliphatic heterocycles. The van der Waals surface area contributed by atoms with E-state index < -0.39 is 5.97 Å². The zero-order valence-corrected chi connectivity index (χ0v) is 13.6. The highest BCUT2D eigenvalue weighted by Gasteiger charge is 2.16. The van der Waals surface area contributed by atoms with Gasteiger partial charge in [-0.05, 0) is 25.5 Å². The number of ether oxygens (including phenoxy) is 1. The van der Waals surface area contributed by atoms with E-state index in [0.29, 0.717) is 13.0 Å². The van der Waals surface area contributed by atoms with Crippen molar-refractivity contribution in [3.63, 3.8) is 0 Å². The van der Waals surface area contributed by atoms with Crippen molar-refractivity contribution in [2.24, 2.45) is 0 Å². The molecule has 2 aromatic rings. The summed E-state index contributed by atoms with van der Waals surface area (Å²) in [4.78, 5) is 28.4. The van der Waals surface area contributed by atoms with E-state index in [-0.39, 0.29) is 23.2 Å². The molecule has 1 N–H and O–H groups in total. The maximum atomic E-state index is 11.9. The van der Waals surface area contributed by atoms with Gasteiger partial charge in [0.1, 0.15) is 5.69 Å². The maximum Gasteiger partial charge on any atom is 0.367 e. The van der Waals surface area contributed by atoms with Gasteiger partial charge in [0, 0.05) is 16.8 Å². The monoisotopic (exact) mass is 344 g/mol. The molecule has 0 unspecified atom stereocenters. The van der Waals surface area contributed by atoms with Gasteiger partial charge in [-0.3, -0.25) is 4.79 Å². The number of rotatable bonds is 6. The third-order valence-electron chi connectivity index (χ3n) is 2.47. The van der Waals surface area contributed by atoms with Crippen molar-refractivity contribution in [2.75, 3.05) is 13.2 Å². The minimum Gasteiger partial charge on any atom is -0.461 e. The molecule has 0 atom stereocenters. The molecular weight excluding hydrogens is 332 g/mol. The van der Waals surface area contributed by atoms with Crippen molar-refractivity contribution >= 4 is 46.2 Å². The van der Waals surface area contributed by atoms with Crippen LogP contribution in [0.4, 0.5) is 0 Å². The Bertz CT molecular complexity index is 639. The summed E-state index contributed by atoms with van der Waals surface area (Å²) in [6.45, 7) is 2.49. The SMILES string of the molecule is CCOC(=O)c1nc(C(=O)NCCc2ccc(Cl)s2)cs1. The van der Waals surface area contributed by atoms with Crippen LogP contribution in [0.25, 0.3) is 0 Å². The number of halogens is 1. The van der Waals surface area contributed by atoms with Gasteiger partial charge < -0.3 is 10.1 Å². The van der Waals surface area contributed by atoms with E-state index in [4.69, 9.17) is 16.3 Å². The second kappa shape index (κ2) is 7.53. The van der Waals surface area contributed by atoms with Crippen LogP contribution in [0, 0.1) is 0 Å². The Hall–Kier alpha value is -1.44. The summed E-state index contributed by atoms with van der Waals surface area (Å²) in [7, 11) is 0. The first-order valence-corrected chi connectivity index (χ1v) is 8.32. The molecule has 0 saturated heterocycles. The highest BCUT2D eigenvalue weighted by molar-refractivity contribution is 7.16. The van der Waals surface area contributed by atoms with Gasteiger partial charge >= 0.3 is 5.97 Å². The molecule has 5 nitrogen and oxygen atoms in total. The molecule has 112 valence electrons. The van der Waals surface area contributed by atoms with Crippen LogP contribution in [0.3, 0.4) is 0 Å². The average molecular weight is 345 g/mol. The van der Waals surface area contributed by atoms with E-state index in [0.717, 1.165) is 20.6 Å². The van der Waals surface area contributed by atoms with Crippen molar-refractivity contribution < 1.29 is 14.3 Å². The molecule has 8 heteroatoms. The number of carbonyl (C=O) groups is 2. The lowest BCUT2D eigenvalue weighted by Gasteiger charge is -2.01. The van der Waals surface area contributed by atoms with E-state index in [1.165, 1.54) is 11.3 Å². The van der Waals surface area contributed by atoms with Gasteiger partial charge in [0.2, 0.25) is 5.01 Å². The third-order valence-corrected chi connectivity index (χ3v) is 4.59. The topological polar surface area (TPSA) is 68.3 Å². The quantitative estimate of drug-likeness (QED) is 0.818. The van der Waals surface area contributed by atoms with Crippen LogP contribution >= 0.6 is 34.3 Å². The fourth-order valence-electron chi connectivity index (χ4n) is 1.54. The summed E-state index contributed by atoms with van der Waals surface area (Å²) in [5.74, 6) is -0.806.